The summed E-state index contributed by atoms with van der Waals surface area (Å²) in [4.78, 5) is 18.1. The molecule has 0 radical (unpaired) electrons. The second kappa shape index (κ2) is 5.00. The van der Waals surface area contributed by atoms with E-state index in [-0.39, 0.29) is 11.6 Å². The number of benzene rings is 1. The molecule has 20 heavy (non-hydrogen) atoms. The SMILES string of the molecule is CC(=O)c1c(-c2ccc(F)cc2)nc2sc(CCl)cn12. The van der Waals surface area contributed by atoms with E-state index in [0.717, 1.165) is 10.4 Å². The third-order valence-corrected chi connectivity index (χ3v) is 4.39. The highest BCUT2D eigenvalue weighted by molar-refractivity contribution is 7.17. The van der Waals surface area contributed by atoms with Gasteiger partial charge in [0, 0.05) is 23.6 Å². The van der Waals surface area contributed by atoms with Crippen LogP contribution in [0.2, 0.25) is 0 Å². The topological polar surface area (TPSA) is 34.4 Å². The van der Waals surface area contributed by atoms with E-state index < -0.39 is 0 Å². The molecular weight excluding hydrogens is 299 g/mol. The highest BCUT2D eigenvalue weighted by Gasteiger charge is 2.19. The maximum absolute atomic E-state index is 13.0. The molecule has 0 spiro atoms. The Bertz CT molecular complexity index is 791. The molecule has 0 bridgehead atoms. The molecule has 2 aromatic heterocycles. The molecule has 2 heterocycles. The van der Waals surface area contributed by atoms with Crippen molar-refractivity contribution in [2.75, 3.05) is 0 Å². The van der Waals surface area contributed by atoms with Crippen molar-refractivity contribution in [3.63, 3.8) is 0 Å². The van der Waals surface area contributed by atoms with Gasteiger partial charge in [-0.25, -0.2) is 9.37 Å². The summed E-state index contributed by atoms with van der Waals surface area (Å²) < 4.78 is 14.8. The number of thiazole rings is 1. The summed E-state index contributed by atoms with van der Waals surface area (Å²) in [6.45, 7) is 1.49. The molecule has 1 aromatic carbocycles. The van der Waals surface area contributed by atoms with Gasteiger partial charge in [0.15, 0.2) is 10.7 Å². The van der Waals surface area contributed by atoms with Gasteiger partial charge in [-0.2, -0.15) is 0 Å². The minimum atomic E-state index is -0.316. The first-order valence-corrected chi connectivity index (χ1v) is 7.29. The number of imidazole rings is 1. The Morgan fingerprint density at radius 1 is 1.40 bits per heavy atom. The second-order valence-electron chi connectivity index (χ2n) is 4.36. The number of fused-ring (bicyclic) bond motifs is 1. The number of aromatic nitrogens is 2. The van der Waals surface area contributed by atoms with E-state index in [2.05, 4.69) is 4.98 Å². The zero-order valence-corrected chi connectivity index (χ0v) is 12.1. The molecule has 3 aromatic rings. The fourth-order valence-electron chi connectivity index (χ4n) is 2.10. The van der Waals surface area contributed by atoms with E-state index in [1.54, 1.807) is 16.5 Å². The lowest BCUT2D eigenvalue weighted by Crippen LogP contribution is -1.99. The number of halogens is 2. The summed E-state index contributed by atoms with van der Waals surface area (Å²) in [5.74, 6) is -0.0172. The Hall–Kier alpha value is -1.72. The summed E-state index contributed by atoms with van der Waals surface area (Å²) in [5, 5.41) is 0. The van der Waals surface area contributed by atoms with Gasteiger partial charge >= 0.3 is 0 Å². The van der Waals surface area contributed by atoms with Gasteiger partial charge in [0.2, 0.25) is 0 Å². The Labute approximate surface area is 123 Å². The largest absolute Gasteiger partial charge is 0.293 e. The molecule has 0 atom stereocenters. The van der Waals surface area contributed by atoms with Gasteiger partial charge < -0.3 is 0 Å². The van der Waals surface area contributed by atoms with Gasteiger partial charge in [-0.05, 0) is 24.3 Å². The van der Waals surface area contributed by atoms with Crippen LogP contribution >= 0.6 is 22.9 Å². The van der Waals surface area contributed by atoms with Crippen molar-refractivity contribution in [3.05, 3.63) is 46.9 Å². The molecule has 0 aliphatic carbocycles. The summed E-state index contributed by atoms with van der Waals surface area (Å²) in [6, 6.07) is 5.96. The zero-order chi connectivity index (χ0) is 14.3. The van der Waals surface area contributed by atoms with Crippen LogP contribution in [0.4, 0.5) is 4.39 Å². The Kier molecular flexibility index (Phi) is 3.31. The third-order valence-electron chi connectivity index (χ3n) is 2.96. The first kappa shape index (κ1) is 13.3. The van der Waals surface area contributed by atoms with Crippen LogP contribution in [0, 0.1) is 5.82 Å². The zero-order valence-electron chi connectivity index (χ0n) is 10.6. The van der Waals surface area contributed by atoms with Gasteiger partial charge in [-0.1, -0.05) is 0 Å². The molecule has 102 valence electrons. The number of Topliss-reactive ketones (excluding diaryl/α,β-unsaturated/α-hetero) is 1. The Morgan fingerprint density at radius 2 is 2.10 bits per heavy atom. The van der Waals surface area contributed by atoms with Crippen LogP contribution in [0.15, 0.2) is 30.5 Å². The molecule has 3 nitrogen and oxygen atoms in total. The summed E-state index contributed by atoms with van der Waals surface area (Å²) >= 11 is 7.25. The van der Waals surface area contributed by atoms with Crippen molar-refractivity contribution < 1.29 is 9.18 Å². The lowest BCUT2D eigenvalue weighted by Gasteiger charge is -2.00. The Morgan fingerprint density at radius 3 is 2.70 bits per heavy atom. The normalized spacial score (nSPS) is 11.2. The number of carbonyl (C=O) groups excluding carboxylic acids is 1. The lowest BCUT2D eigenvalue weighted by atomic mass is 10.1. The predicted molar refractivity (Wildman–Crippen MR) is 78.0 cm³/mol. The number of hydrogen-bond donors (Lipinski definition) is 0. The minimum Gasteiger partial charge on any atom is -0.293 e. The van der Waals surface area contributed by atoms with Crippen molar-refractivity contribution in [2.24, 2.45) is 0 Å². The number of carbonyl (C=O) groups is 1. The molecule has 0 fully saturated rings. The van der Waals surface area contributed by atoms with Gasteiger partial charge in [0.05, 0.1) is 5.88 Å². The molecule has 0 amide bonds. The summed E-state index contributed by atoms with van der Waals surface area (Å²) in [5.41, 5.74) is 1.80. The Balaban J connectivity index is 2.24. The minimum absolute atomic E-state index is 0.0873. The van der Waals surface area contributed by atoms with Crippen LogP contribution in [-0.4, -0.2) is 15.2 Å². The smallest absolute Gasteiger partial charge is 0.195 e. The average Bonchev–Trinajstić information content (AvgIpc) is 2.95. The highest BCUT2D eigenvalue weighted by Crippen LogP contribution is 2.29. The van der Waals surface area contributed by atoms with E-state index in [0.29, 0.717) is 22.2 Å². The van der Waals surface area contributed by atoms with Crippen molar-refractivity contribution >= 4 is 33.7 Å². The maximum atomic E-state index is 13.0. The fraction of sp³-hybridized carbons (Fsp3) is 0.143. The third kappa shape index (κ3) is 2.13. The van der Waals surface area contributed by atoms with E-state index >= 15 is 0 Å². The molecule has 0 aliphatic heterocycles. The number of alkyl halides is 1. The van der Waals surface area contributed by atoms with Crippen LogP contribution in [0.25, 0.3) is 16.2 Å². The maximum Gasteiger partial charge on any atom is 0.195 e. The van der Waals surface area contributed by atoms with Crippen LogP contribution in [0.1, 0.15) is 22.3 Å². The summed E-state index contributed by atoms with van der Waals surface area (Å²) in [6.07, 6.45) is 1.82. The number of rotatable bonds is 3. The molecule has 0 aliphatic rings. The van der Waals surface area contributed by atoms with E-state index in [4.69, 9.17) is 11.6 Å². The van der Waals surface area contributed by atoms with E-state index in [9.17, 15) is 9.18 Å². The molecular formula is C14H10ClFN2OS. The van der Waals surface area contributed by atoms with Crippen molar-refractivity contribution in [1.82, 2.24) is 9.38 Å². The van der Waals surface area contributed by atoms with Gasteiger partial charge in [0.25, 0.3) is 0 Å². The van der Waals surface area contributed by atoms with Crippen LogP contribution in [0.3, 0.4) is 0 Å². The highest BCUT2D eigenvalue weighted by atomic mass is 35.5. The number of nitrogens with zero attached hydrogens (tertiary/aromatic N) is 2. The van der Waals surface area contributed by atoms with Crippen LogP contribution < -0.4 is 0 Å². The lowest BCUT2D eigenvalue weighted by molar-refractivity contribution is 0.101. The quantitative estimate of drug-likeness (QED) is 0.538. The van der Waals surface area contributed by atoms with Crippen LogP contribution in [0.5, 0.6) is 0 Å². The van der Waals surface area contributed by atoms with Crippen molar-refractivity contribution in [1.29, 1.82) is 0 Å². The average molecular weight is 309 g/mol. The van der Waals surface area contributed by atoms with E-state index in [1.165, 1.54) is 30.4 Å². The molecule has 0 N–H and O–H groups in total. The second-order valence-corrected chi connectivity index (χ2v) is 5.72. The van der Waals surface area contributed by atoms with Gasteiger partial charge in [-0.3, -0.25) is 9.20 Å². The van der Waals surface area contributed by atoms with Gasteiger partial charge in [0.1, 0.15) is 17.2 Å². The molecule has 3 rings (SSSR count). The first-order valence-electron chi connectivity index (χ1n) is 5.93. The number of hydrogen-bond acceptors (Lipinski definition) is 3. The van der Waals surface area contributed by atoms with Crippen molar-refractivity contribution in [3.8, 4) is 11.3 Å². The molecule has 0 unspecified atom stereocenters. The van der Waals surface area contributed by atoms with Crippen molar-refractivity contribution in [2.45, 2.75) is 12.8 Å². The standard InChI is InChI=1S/C14H10ClFN2OS/c1-8(19)13-12(9-2-4-10(16)5-3-9)17-14-18(13)7-11(6-15)20-14/h2-5,7H,6H2,1H3. The van der Waals surface area contributed by atoms with Gasteiger partial charge in [-0.15, -0.1) is 22.9 Å². The monoisotopic (exact) mass is 308 g/mol. The molecule has 0 saturated carbocycles. The molecule has 0 saturated heterocycles. The van der Waals surface area contributed by atoms with Crippen LogP contribution in [-0.2, 0) is 5.88 Å². The fourth-order valence-corrected chi connectivity index (χ4v) is 3.16. The predicted octanol–water partition coefficient (Wildman–Crippen LogP) is 4.14. The van der Waals surface area contributed by atoms with E-state index in [1.807, 2.05) is 6.20 Å². The summed E-state index contributed by atoms with van der Waals surface area (Å²) in [7, 11) is 0. The first-order chi connectivity index (χ1) is 9.60. The molecule has 6 heteroatoms. The number of ketones is 1.